The Balaban J connectivity index is 2.51. The molecule has 2 rings (SSSR count). The van der Waals surface area contributed by atoms with Crippen LogP contribution in [0.3, 0.4) is 0 Å². The molecule has 0 amide bonds. The van der Waals surface area contributed by atoms with Gasteiger partial charge in [-0.1, -0.05) is 12.1 Å². The van der Waals surface area contributed by atoms with Crippen molar-refractivity contribution in [3.05, 3.63) is 53.5 Å². The lowest BCUT2D eigenvalue weighted by Crippen LogP contribution is -2.31. The molecule has 0 aliphatic rings. The van der Waals surface area contributed by atoms with Crippen LogP contribution in [0.5, 0.6) is 0 Å². The van der Waals surface area contributed by atoms with E-state index in [1.807, 2.05) is 6.07 Å². The van der Waals surface area contributed by atoms with Gasteiger partial charge in [0.1, 0.15) is 11.0 Å². The van der Waals surface area contributed by atoms with Crippen molar-refractivity contribution >= 4 is 19.9 Å². The highest BCUT2D eigenvalue weighted by atomic mass is 32.2. The monoisotopic (exact) mass is 357 g/mol. The second-order valence-electron chi connectivity index (χ2n) is 5.44. The lowest BCUT2D eigenvalue weighted by molar-refractivity contribution is 0.487. The minimum atomic E-state index is -3.82. The van der Waals surface area contributed by atoms with Gasteiger partial charge in [0.05, 0.1) is 17.4 Å². The van der Waals surface area contributed by atoms with E-state index in [4.69, 9.17) is 4.42 Å². The maximum Gasteiger partial charge on any atom is 0.208 e. The predicted octanol–water partition coefficient (Wildman–Crippen LogP) is 1.96. The lowest BCUT2D eigenvalue weighted by atomic mass is 10.2. The van der Waals surface area contributed by atoms with Crippen molar-refractivity contribution in [2.24, 2.45) is 0 Å². The van der Waals surface area contributed by atoms with Gasteiger partial charge >= 0.3 is 0 Å². The molecule has 0 unspecified atom stereocenters. The highest BCUT2D eigenvalue weighted by Crippen LogP contribution is 2.31. The Labute approximate surface area is 136 Å². The van der Waals surface area contributed by atoms with Crippen molar-refractivity contribution < 1.29 is 21.3 Å². The molecule has 0 aliphatic carbocycles. The quantitative estimate of drug-likeness (QED) is 0.853. The van der Waals surface area contributed by atoms with Crippen LogP contribution in [0.25, 0.3) is 0 Å². The van der Waals surface area contributed by atoms with E-state index in [9.17, 15) is 16.8 Å². The van der Waals surface area contributed by atoms with Crippen LogP contribution in [0.15, 0.2) is 45.9 Å². The Morgan fingerprint density at radius 1 is 1.13 bits per heavy atom. The molecule has 1 heterocycles. The fraction of sp³-hybridized carbons (Fsp3) is 0.333. The van der Waals surface area contributed by atoms with Crippen LogP contribution in [0, 0.1) is 13.8 Å². The summed E-state index contributed by atoms with van der Waals surface area (Å²) in [6, 6.07) is 8.23. The first kappa shape index (κ1) is 17.7. The zero-order chi connectivity index (χ0) is 17.3. The predicted molar refractivity (Wildman–Crippen MR) is 87.4 cm³/mol. The van der Waals surface area contributed by atoms with Crippen molar-refractivity contribution in [3.63, 3.8) is 0 Å². The Morgan fingerprint density at radius 3 is 2.39 bits per heavy atom. The van der Waals surface area contributed by atoms with Crippen LogP contribution in [-0.4, -0.2) is 29.6 Å². The molecule has 126 valence electrons. The summed E-state index contributed by atoms with van der Waals surface area (Å²) < 4.78 is 56.2. The van der Waals surface area contributed by atoms with Gasteiger partial charge in [0.2, 0.25) is 10.0 Å². The van der Waals surface area contributed by atoms with Gasteiger partial charge in [-0.3, -0.25) is 0 Å². The van der Waals surface area contributed by atoms with Gasteiger partial charge in [-0.25, -0.2) is 21.6 Å². The molecule has 2 aromatic rings. The Kier molecular flexibility index (Phi) is 4.98. The van der Waals surface area contributed by atoms with Crippen LogP contribution >= 0.6 is 0 Å². The molecule has 0 radical (unpaired) electrons. The number of sulfone groups is 1. The zero-order valence-corrected chi connectivity index (χ0v) is 14.7. The highest BCUT2D eigenvalue weighted by molar-refractivity contribution is 7.92. The first-order valence-electron chi connectivity index (χ1n) is 6.90. The molecule has 1 aromatic heterocycles. The maximum atomic E-state index is 13.0. The summed E-state index contributed by atoms with van der Waals surface area (Å²) in [7, 11) is -7.35. The summed E-state index contributed by atoms with van der Waals surface area (Å²) in [4.78, 5) is 0.175. The number of furan rings is 1. The number of rotatable bonds is 6. The van der Waals surface area contributed by atoms with Gasteiger partial charge in [-0.2, -0.15) is 0 Å². The van der Waals surface area contributed by atoms with E-state index < -0.39 is 25.1 Å². The van der Waals surface area contributed by atoms with E-state index in [-0.39, 0.29) is 17.2 Å². The summed E-state index contributed by atoms with van der Waals surface area (Å²) in [5.41, 5.74) is 1.41. The van der Waals surface area contributed by atoms with Crippen LogP contribution in [0.2, 0.25) is 0 Å². The molecule has 1 N–H and O–H groups in total. The zero-order valence-electron chi connectivity index (χ0n) is 13.1. The largest absolute Gasteiger partial charge is 0.468 e. The SMILES string of the molecule is Cc1ccc(C)c(S(=O)(=O)[C@@H](CNS(C)(=O)=O)c2ccco2)c1. The number of aryl methyl sites for hydroxylation is 2. The van der Waals surface area contributed by atoms with Crippen molar-refractivity contribution in [1.82, 2.24) is 4.72 Å². The summed E-state index contributed by atoms with van der Waals surface area (Å²) >= 11 is 0. The molecule has 0 fully saturated rings. The molecule has 0 saturated carbocycles. The van der Waals surface area contributed by atoms with E-state index in [0.717, 1.165) is 11.8 Å². The van der Waals surface area contributed by atoms with Gasteiger partial charge in [0.15, 0.2) is 9.84 Å². The fourth-order valence-electron chi connectivity index (χ4n) is 2.23. The average molecular weight is 357 g/mol. The second kappa shape index (κ2) is 6.46. The van der Waals surface area contributed by atoms with E-state index in [0.29, 0.717) is 5.56 Å². The smallest absolute Gasteiger partial charge is 0.208 e. The van der Waals surface area contributed by atoms with Crippen LogP contribution in [0.4, 0.5) is 0 Å². The maximum absolute atomic E-state index is 13.0. The van der Waals surface area contributed by atoms with Crippen LogP contribution in [-0.2, 0) is 19.9 Å². The van der Waals surface area contributed by atoms with Gasteiger partial charge in [-0.15, -0.1) is 0 Å². The average Bonchev–Trinajstić information content (AvgIpc) is 2.94. The Bertz CT molecular complexity index is 884. The molecule has 1 atom stereocenters. The molecule has 0 bridgehead atoms. The Hall–Kier alpha value is -1.64. The topological polar surface area (TPSA) is 93.5 Å². The number of benzene rings is 1. The van der Waals surface area contributed by atoms with Crippen molar-refractivity contribution in [2.45, 2.75) is 24.0 Å². The molecule has 0 aliphatic heterocycles. The summed E-state index contributed by atoms with van der Waals surface area (Å²) in [5.74, 6) is 0.196. The van der Waals surface area contributed by atoms with Gasteiger partial charge in [0.25, 0.3) is 0 Å². The Morgan fingerprint density at radius 2 is 1.83 bits per heavy atom. The van der Waals surface area contributed by atoms with Gasteiger partial charge in [0, 0.05) is 6.54 Å². The molecule has 23 heavy (non-hydrogen) atoms. The van der Waals surface area contributed by atoms with Crippen molar-refractivity contribution in [2.75, 3.05) is 12.8 Å². The van der Waals surface area contributed by atoms with E-state index in [1.165, 1.54) is 12.3 Å². The summed E-state index contributed by atoms with van der Waals surface area (Å²) in [6.07, 6.45) is 2.35. The van der Waals surface area contributed by atoms with Gasteiger partial charge < -0.3 is 4.42 Å². The molecular weight excluding hydrogens is 338 g/mol. The summed E-state index contributed by atoms with van der Waals surface area (Å²) in [5, 5.41) is -1.13. The summed E-state index contributed by atoms with van der Waals surface area (Å²) in [6.45, 7) is 3.21. The fourth-order valence-corrected chi connectivity index (χ4v) is 4.72. The van der Waals surface area contributed by atoms with Gasteiger partial charge in [-0.05, 0) is 43.2 Å². The number of hydrogen-bond acceptors (Lipinski definition) is 5. The third-order valence-corrected chi connectivity index (χ3v) is 6.31. The van der Waals surface area contributed by atoms with E-state index in [1.54, 1.807) is 32.0 Å². The van der Waals surface area contributed by atoms with Crippen LogP contribution in [0.1, 0.15) is 22.1 Å². The first-order valence-corrected chi connectivity index (χ1v) is 10.3. The van der Waals surface area contributed by atoms with E-state index in [2.05, 4.69) is 4.72 Å². The minimum Gasteiger partial charge on any atom is -0.468 e. The number of sulfonamides is 1. The number of nitrogens with one attached hydrogen (secondary N) is 1. The molecular formula is C15H19NO5S2. The minimum absolute atomic E-state index is 0.175. The first-order chi connectivity index (χ1) is 10.6. The van der Waals surface area contributed by atoms with Crippen molar-refractivity contribution in [1.29, 1.82) is 0 Å². The molecule has 8 heteroatoms. The molecule has 0 saturated heterocycles. The molecule has 0 spiro atoms. The lowest BCUT2D eigenvalue weighted by Gasteiger charge is -2.17. The molecule has 6 nitrogen and oxygen atoms in total. The number of hydrogen-bond donors (Lipinski definition) is 1. The highest BCUT2D eigenvalue weighted by Gasteiger charge is 2.33. The molecule has 1 aromatic carbocycles. The third kappa shape index (κ3) is 4.21. The van der Waals surface area contributed by atoms with Crippen LogP contribution < -0.4 is 4.72 Å². The van der Waals surface area contributed by atoms with E-state index >= 15 is 0 Å². The van der Waals surface area contributed by atoms with Crippen molar-refractivity contribution in [3.8, 4) is 0 Å². The normalized spacial score (nSPS) is 13.9. The third-order valence-electron chi connectivity index (χ3n) is 3.42. The standard InChI is InChI=1S/C15H19NO5S2/c1-11-6-7-12(2)14(9-11)23(19,20)15(10-16-22(3,17)18)13-5-4-8-21-13/h4-9,15-16H,10H2,1-3H3/t15-/m0/s1. The second-order valence-corrected chi connectivity index (χ2v) is 9.37.